The molecule has 4 rings (SSSR count). The Balaban J connectivity index is 1.57. The highest BCUT2D eigenvalue weighted by Crippen LogP contribution is 2.25. The predicted octanol–water partition coefficient (Wildman–Crippen LogP) is 3.88. The molecule has 0 aliphatic heterocycles. The highest BCUT2D eigenvalue weighted by Gasteiger charge is 2.17. The number of hydrogen-bond donors (Lipinski definition) is 1. The molecule has 4 aromatic rings. The Morgan fingerprint density at radius 3 is 2.07 bits per heavy atom. The van der Waals surface area contributed by atoms with Gasteiger partial charge >= 0.3 is 0 Å². The number of aromatic nitrogens is 2. The van der Waals surface area contributed by atoms with Crippen LogP contribution in [0.5, 0.6) is 0 Å². The summed E-state index contributed by atoms with van der Waals surface area (Å²) in [4.78, 5) is 0.139. The van der Waals surface area contributed by atoms with Crippen LogP contribution in [0.4, 0.5) is 0 Å². The van der Waals surface area contributed by atoms with Gasteiger partial charge in [-0.25, -0.2) is 13.1 Å². The van der Waals surface area contributed by atoms with Crippen molar-refractivity contribution in [2.24, 2.45) is 0 Å². The molecule has 0 saturated heterocycles. The van der Waals surface area contributed by atoms with Crippen LogP contribution in [0.15, 0.2) is 94.2 Å². The number of nitrogens with one attached hydrogen (secondary N) is 1. The van der Waals surface area contributed by atoms with Crippen molar-refractivity contribution < 1.29 is 12.8 Å². The van der Waals surface area contributed by atoms with Crippen LogP contribution >= 0.6 is 0 Å². The summed E-state index contributed by atoms with van der Waals surface area (Å²) in [6.07, 6.45) is 0. The molecule has 0 bridgehead atoms. The van der Waals surface area contributed by atoms with Gasteiger partial charge in [-0.2, -0.15) is 0 Å². The van der Waals surface area contributed by atoms with Gasteiger partial charge in [0.05, 0.1) is 4.90 Å². The van der Waals surface area contributed by atoms with Gasteiger partial charge in [-0.15, -0.1) is 10.2 Å². The van der Waals surface area contributed by atoms with Gasteiger partial charge in [0, 0.05) is 17.7 Å². The monoisotopic (exact) mass is 391 g/mol. The van der Waals surface area contributed by atoms with Gasteiger partial charge in [-0.3, -0.25) is 0 Å². The molecule has 0 saturated carbocycles. The quantitative estimate of drug-likeness (QED) is 0.539. The fourth-order valence-corrected chi connectivity index (χ4v) is 3.75. The molecule has 0 fully saturated rings. The molecular formula is C21H17N3O3S. The lowest BCUT2D eigenvalue weighted by Crippen LogP contribution is -2.23. The maximum atomic E-state index is 12.6. The number of hydrogen-bond acceptors (Lipinski definition) is 5. The zero-order valence-corrected chi connectivity index (χ0v) is 15.6. The third kappa shape index (κ3) is 4.00. The molecule has 0 atom stereocenters. The Bertz CT molecular complexity index is 1170. The van der Waals surface area contributed by atoms with Gasteiger partial charge in [0.1, 0.15) is 0 Å². The van der Waals surface area contributed by atoms with E-state index < -0.39 is 10.0 Å². The summed E-state index contributed by atoms with van der Waals surface area (Å²) in [6.45, 7) is 0.214. The normalized spacial score (nSPS) is 11.4. The van der Waals surface area contributed by atoms with Crippen molar-refractivity contribution in [2.45, 2.75) is 11.4 Å². The van der Waals surface area contributed by atoms with Crippen molar-refractivity contribution in [3.63, 3.8) is 0 Å². The van der Waals surface area contributed by atoms with Crippen LogP contribution in [0.1, 0.15) is 5.56 Å². The van der Waals surface area contributed by atoms with Crippen LogP contribution in [0, 0.1) is 0 Å². The Morgan fingerprint density at radius 1 is 0.750 bits per heavy atom. The van der Waals surface area contributed by atoms with E-state index >= 15 is 0 Å². The second-order valence-electron chi connectivity index (χ2n) is 6.12. The standard InChI is InChI=1S/C21H17N3O3S/c25-28(26,22-15-16-8-3-1-4-9-16)19-13-7-12-18(14-19)21-24-23-20(27-21)17-10-5-2-6-11-17/h1-14,22H,15H2. The fraction of sp³-hybridized carbons (Fsp3) is 0.0476. The molecule has 0 amide bonds. The van der Waals surface area contributed by atoms with E-state index in [1.807, 2.05) is 60.7 Å². The zero-order valence-electron chi connectivity index (χ0n) is 14.8. The Morgan fingerprint density at radius 2 is 1.36 bits per heavy atom. The van der Waals surface area contributed by atoms with Gasteiger partial charge in [-0.05, 0) is 35.9 Å². The van der Waals surface area contributed by atoms with Gasteiger partial charge in [-0.1, -0.05) is 54.6 Å². The lowest BCUT2D eigenvalue weighted by Gasteiger charge is -2.07. The first kappa shape index (κ1) is 18.1. The molecular weight excluding hydrogens is 374 g/mol. The van der Waals surface area contributed by atoms with Crippen molar-refractivity contribution >= 4 is 10.0 Å². The molecule has 1 heterocycles. The van der Waals surface area contributed by atoms with Gasteiger partial charge in [0.25, 0.3) is 0 Å². The fourth-order valence-electron chi connectivity index (χ4n) is 2.69. The summed E-state index contributed by atoms with van der Waals surface area (Å²) in [7, 11) is -3.67. The second-order valence-corrected chi connectivity index (χ2v) is 7.88. The van der Waals surface area contributed by atoms with E-state index in [0.717, 1.165) is 11.1 Å². The number of rotatable bonds is 6. The molecule has 6 nitrogen and oxygen atoms in total. The molecule has 7 heteroatoms. The van der Waals surface area contributed by atoms with Crippen molar-refractivity contribution in [2.75, 3.05) is 0 Å². The van der Waals surface area contributed by atoms with E-state index in [1.54, 1.807) is 12.1 Å². The first-order chi connectivity index (χ1) is 13.6. The summed E-state index contributed by atoms with van der Waals surface area (Å²) < 4.78 is 33.6. The van der Waals surface area contributed by atoms with E-state index in [9.17, 15) is 8.42 Å². The molecule has 1 aromatic heterocycles. The predicted molar refractivity (Wildman–Crippen MR) is 106 cm³/mol. The van der Waals surface area contributed by atoms with Gasteiger partial charge < -0.3 is 4.42 Å². The minimum atomic E-state index is -3.67. The molecule has 1 N–H and O–H groups in total. The summed E-state index contributed by atoms with van der Waals surface area (Å²) >= 11 is 0. The lowest BCUT2D eigenvalue weighted by molar-refractivity contribution is 0.580. The van der Waals surface area contributed by atoms with Gasteiger partial charge in [0.15, 0.2) is 0 Å². The topological polar surface area (TPSA) is 85.1 Å². The van der Waals surface area contributed by atoms with Crippen LogP contribution in [0.3, 0.4) is 0 Å². The smallest absolute Gasteiger partial charge is 0.248 e. The highest BCUT2D eigenvalue weighted by atomic mass is 32.2. The molecule has 0 unspecified atom stereocenters. The van der Waals surface area contributed by atoms with Gasteiger partial charge in [0.2, 0.25) is 21.8 Å². The van der Waals surface area contributed by atoms with E-state index in [4.69, 9.17) is 4.42 Å². The molecule has 0 radical (unpaired) electrons. The van der Waals surface area contributed by atoms with Crippen molar-refractivity contribution in [3.05, 3.63) is 90.5 Å². The third-order valence-electron chi connectivity index (χ3n) is 4.15. The van der Waals surface area contributed by atoms with E-state index in [-0.39, 0.29) is 17.3 Å². The highest BCUT2D eigenvalue weighted by molar-refractivity contribution is 7.89. The molecule has 0 aliphatic carbocycles. The first-order valence-electron chi connectivity index (χ1n) is 8.65. The van der Waals surface area contributed by atoms with E-state index in [2.05, 4.69) is 14.9 Å². The third-order valence-corrected chi connectivity index (χ3v) is 5.55. The molecule has 0 spiro atoms. The first-order valence-corrected chi connectivity index (χ1v) is 10.1. The number of sulfonamides is 1. The average molecular weight is 391 g/mol. The lowest BCUT2D eigenvalue weighted by atomic mass is 10.2. The van der Waals surface area contributed by atoms with Crippen molar-refractivity contribution in [1.29, 1.82) is 0 Å². The van der Waals surface area contributed by atoms with E-state index in [1.165, 1.54) is 12.1 Å². The van der Waals surface area contributed by atoms with Crippen LogP contribution in [-0.4, -0.2) is 18.6 Å². The van der Waals surface area contributed by atoms with Crippen molar-refractivity contribution in [1.82, 2.24) is 14.9 Å². The summed E-state index contributed by atoms with van der Waals surface area (Å²) in [5.74, 6) is 0.644. The minimum absolute atomic E-state index is 0.139. The van der Waals surface area contributed by atoms with Crippen molar-refractivity contribution in [3.8, 4) is 22.9 Å². The largest absolute Gasteiger partial charge is 0.416 e. The average Bonchev–Trinajstić information content (AvgIpc) is 3.24. The molecule has 140 valence electrons. The van der Waals surface area contributed by atoms with E-state index in [0.29, 0.717) is 11.5 Å². The number of nitrogens with zero attached hydrogens (tertiary/aromatic N) is 2. The van der Waals surface area contributed by atoms with Crippen LogP contribution in [0.2, 0.25) is 0 Å². The molecule has 3 aromatic carbocycles. The summed E-state index contributed by atoms with van der Waals surface area (Å²) in [5.41, 5.74) is 2.22. The Labute approximate surface area is 162 Å². The SMILES string of the molecule is O=S(=O)(NCc1ccccc1)c1cccc(-c2nnc(-c3ccccc3)o2)c1. The van der Waals surface area contributed by atoms with Crippen LogP contribution in [-0.2, 0) is 16.6 Å². The number of benzene rings is 3. The molecule has 28 heavy (non-hydrogen) atoms. The Hall–Kier alpha value is -3.29. The summed E-state index contributed by atoms with van der Waals surface area (Å²) in [6, 6.07) is 25.2. The maximum Gasteiger partial charge on any atom is 0.248 e. The molecule has 0 aliphatic rings. The minimum Gasteiger partial charge on any atom is -0.416 e. The second kappa shape index (κ2) is 7.75. The van der Waals surface area contributed by atoms with Crippen LogP contribution < -0.4 is 4.72 Å². The Kier molecular flexibility index (Phi) is 5.01. The maximum absolute atomic E-state index is 12.6. The zero-order chi connectivity index (χ0) is 19.4. The van der Waals surface area contributed by atoms with Crippen LogP contribution in [0.25, 0.3) is 22.9 Å². The summed E-state index contributed by atoms with van der Waals surface area (Å²) in [5, 5.41) is 8.10.